The predicted octanol–water partition coefficient (Wildman–Crippen LogP) is 5.96. The SMILES string of the molecule is COc1ccc(NC(=O)C(c2cccc(C)c2O)N(C(=O)C(C)NC(=O)OC(C)(C)C)C(C)CCC(C)C)cc1. The summed E-state index contributed by atoms with van der Waals surface area (Å²) in [5.74, 6) is -0.0418. The molecule has 0 fully saturated rings. The van der Waals surface area contributed by atoms with Crippen molar-refractivity contribution in [3.63, 3.8) is 0 Å². The molecule has 0 aliphatic carbocycles. The van der Waals surface area contributed by atoms with Crippen LogP contribution in [0.2, 0.25) is 0 Å². The number of rotatable bonds is 11. The lowest BCUT2D eigenvalue weighted by Crippen LogP contribution is -2.54. The predicted molar refractivity (Wildman–Crippen MR) is 156 cm³/mol. The molecule has 2 aromatic carbocycles. The van der Waals surface area contributed by atoms with Crippen LogP contribution >= 0.6 is 0 Å². The molecule has 0 saturated carbocycles. The van der Waals surface area contributed by atoms with E-state index in [2.05, 4.69) is 24.5 Å². The molecular weight excluding hydrogens is 510 g/mol. The standard InChI is InChI=1S/C31H45N3O6/c1-19(2)13-14-21(4)34(29(37)22(5)32-30(38)40-31(6,7)8)26(25-12-10-11-20(3)27(25)35)28(36)33-23-15-17-24(39-9)18-16-23/h10-12,15-19,21-22,26,35H,13-14H2,1-9H3,(H,32,38)(H,33,36). The van der Waals surface area contributed by atoms with Gasteiger partial charge in [0.1, 0.15) is 29.2 Å². The van der Waals surface area contributed by atoms with Crippen LogP contribution in [0.3, 0.4) is 0 Å². The molecular formula is C31H45N3O6. The maximum Gasteiger partial charge on any atom is 0.408 e. The summed E-state index contributed by atoms with van der Waals surface area (Å²) in [6, 6.07) is 9.37. The van der Waals surface area contributed by atoms with E-state index in [-0.39, 0.29) is 5.75 Å². The number of alkyl carbamates (subject to hydrolysis) is 1. The number of benzene rings is 2. The molecule has 3 unspecified atom stereocenters. The van der Waals surface area contributed by atoms with E-state index in [1.807, 2.05) is 6.92 Å². The molecule has 0 saturated heterocycles. The highest BCUT2D eigenvalue weighted by Gasteiger charge is 2.39. The van der Waals surface area contributed by atoms with Crippen molar-refractivity contribution in [1.29, 1.82) is 0 Å². The number of anilines is 1. The van der Waals surface area contributed by atoms with Gasteiger partial charge in [0, 0.05) is 17.3 Å². The molecule has 3 N–H and O–H groups in total. The van der Waals surface area contributed by atoms with Crippen molar-refractivity contribution in [2.45, 2.75) is 92.0 Å². The van der Waals surface area contributed by atoms with Crippen molar-refractivity contribution in [3.8, 4) is 11.5 Å². The molecule has 0 radical (unpaired) electrons. The molecule has 9 nitrogen and oxygen atoms in total. The molecule has 0 heterocycles. The van der Waals surface area contributed by atoms with Gasteiger partial charge in [0.2, 0.25) is 5.91 Å². The summed E-state index contributed by atoms with van der Waals surface area (Å²) in [6.07, 6.45) is 0.688. The maximum atomic E-state index is 14.1. The molecule has 220 valence electrons. The molecule has 40 heavy (non-hydrogen) atoms. The van der Waals surface area contributed by atoms with Crippen LogP contribution in [0.5, 0.6) is 11.5 Å². The number of aryl methyl sites for hydroxylation is 1. The first-order chi connectivity index (χ1) is 18.6. The van der Waals surface area contributed by atoms with E-state index in [4.69, 9.17) is 9.47 Å². The van der Waals surface area contributed by atoms with Crippen molar-refractivity contribution < 1.29 is 29.0 Å². The monoisotopic (exact) mass is 555 g/mol. The fourth-order valence-electron chi connectivity index (χ4n) is 4.29. The zero-order chi connectivity index (χ0) is 30.2. The van der Waals surface area contributed by atoms with Crippen LogP contribution in [-0.4, -0.2) is 52.7 Å². The Hall–Kier alpha value is -3.75. The van der Waals surface area contributed by atoms with Crippen LogP contribution < -0.4 is 15.4 Å². The Balaban J connectivity index is 2.57. The van der Waals surface area contributed by atoms with E-state index >= 15 is 0 Å². The molecule has 0 bridgehead atoms. The van der Waals surface area contributed by atoms with Crippen LogP contribution in [-0.2, 0) is 14.3 Å². The maximum absolute atomic E-state index is 14.1. The van der Waals surface area contributed by atoms with Crippen LogP contribution in [0, 0.1) is 12.8 Å². The molecule has 0 aliphatic heterocycles. The van der Waals surface area contributed by atoms with Crippen LogP contribution in [0.25, 0.3) is 0 Å². The summed E-state index contributed by atoms with van der Waals surface area (Å²) in [5, 5.41) is 16.6. The van der Waals surface area contributed by atoms with Crippen molar-refractivity contribution in [3.05, 3.63) is 53.6 Å². The second-order valence-corrected chi connectivity index (χ2v) is 11.6. The Bertz CT molecular complexity index is 1160. The Morgan fingerprint density at radius 1 is 0.975 bits per heavy atom. The lowest BCUT2D eigenvalue weighted by Gasteiger charge is -2.38. The number of hydrogen-bond acceptors (Lipinski definition) is 6. The first kappa shape index (κ1) is 32.5. The third-order valence-corrected chi connectivity index (χ3v) is 6.44. The van der Waals surface area contributed by atoms with Crippen LogP contribution in [0.1, 0.15) is 78.5 Å². The van der Waals surface area contributed by atoms with Gasteiger partial charge in [-0.15, -0.1) is 0 Å². The average molecular weight is 556 g/mol. The number of amides is 3. The van der Waals surface area contributed by atoms with E-state index in [0.29, 0.717) is 34.9 Å². The lowest BCUT2D eigenvalue weighted by atomic mass is 9.95. The van der Waals surface area contributed by atoms with Crippen LogP contribution in [0.4, 0.5) is 10.5 Å². The number of aromatic hydroxyl groups is 1. The van der Waals surface area contributed by atoms with Crippen molar-refractivity contribution in [1.82, 2.24) is 10.2 Å². The largest absolute Gasteiger partial charge is 0.507 e. The van der Waals surface area contributed by atoms with E-state index < -0.39 is 41.6 Å². The molecule has 0 aromatic heterocycles. The molecule has 2 rings (SSSR count). The van der Waals surface area contributed by atoms with Gasteiger partial charge in [-0.25, -0.2) is 4.79 Å². The molecule has 0 spiro atoms. The van der Waals surface area contributed by atoms with Gasteiger partial charge in [-0.1, -0.05) is 32.0 Å². The summed E-state index contributed by atoms with van der Waals surface area (Å²) in [5.41, 5.74) is 0.623. The third-order valence-electron chi connectivity index (χ3n) is 6.44. The Morgan fingerprint density at radius 3 is 2.15 bits per heavy atom. The highest BCUT2D eigenvalue weighted by Crippen LogP contribution is 2.35. The second kappa shape index (κ2) is 14.1. The van der Waals surface area contributed by atoms with E-state index in [1.165, 1.54) is 4.90 Å². The van der Waals surface area contributed by atoms with Gasteiger partial charge in [0.25, 0.3) is 5.91 Å². The summed E-state index contributed by atoms with van der Waals surface area (Å²) < 4.78 is 10.6. The van der Waals surface area contributed by atoms with Gasteiger partial charge in [-0.3, -0.25) is 9.59 Å². The molecule has 3 atom stereocenters. The number of nitrogens with one attached hydrogen (secondary N) is 2. The highest BCUT2D eigenvalue weighted by atomic mass is 16.6. The summed E-state index contributed by atoms with van der Waals surface area (Å²) >= 11 is 0. The normalized spacial score (nSPS) is 13.7. The summed E-state index contributed by atoms with van der Waals surface area (Å²) in [6.45, 7) is 14.6. The summed E-state index contributed by atoms with van der Waals surface area (Å²) in [4.78, 5) is 42.0. The smallest absolute Gasteiger partial charge is 0.408 e. The van der Waals surface area contributed by atoms with Gasteiger partial charge in [-0.05, 0) is 90.1 Å². The number of ether oxygens (including phenoxy) is 2. The Morgan fingerprint density at radius 2 is 1.60 bits per heavy atom. The number of phenolic OH excluding ortho intramolecular Hbond substituents is 1. The molecule has 9 heteroatoms. The average Bonchev–Trinajstić information content (AvgIpc) is 2.86. The number of hydrogen-bond donors (Lipinski definition) is 3. The quantitative estimate of drug-likeness (QED) is 0.315. The fraction of sp³-hybridized carbons (Fsp3) is 0.516. The zero-order valence-corrected chi connectivity index (χ0v) is 25.2. The lowest BCUT2D eigenvalue weighted by molar-refractivity contribution is -0.143. The van der Waals surface area contributed by atoms with E-state index in [1.54, 1.807) is 84.2 Å². The van der Waals surface area contributed by atoms with Gasteiger partial charge in [-0.2, -0.15) is 0 Å². The first-order valence-corrected chi connectivity index (χ1v) is 13.7. The van der Waals surface area contributed by atoms with Crippen molar-refractivity contribution in [2.75, 3.05) is 12.4 Å². The van der Waals surface area contributed by atoms with E-state index in [9.17, 15) is 19.5 Å². The fourth-order valence-corrected chi connectivity index (χ4v) is 4.29. The topological polar surface area (TPSA) is 117 Å². The van der Waals surface area contributed by atoms with Crippen molar-refractivity contribution in [2.24, 2.45) is 5.92 Å². The zero-order valence-electron chi connectivity index (χ0n) is 25.2. The molecule has 0 aliphatic rings. The van der Waals surface area contributed by atoms with Crippen LogP contribution in [0.15, 0.2) is 42.5 Å². The Kier molecular flexibility index (Phi) is 11.4. The molecule has 3 amide bonds. The van der Waals surface area contributed by atoms with Crippen molar-refractivity contribution >= 4 is 23.6 Å². The van der Waals surface area contributed by atoms with E-state index in [0.717, 1.165) is 6.42 Å². The number of nitrogens with zero attached hydrogens (tertiary/aromatic N) is 1. The van der Waals surface area contributed by atoms with Gasteiger partial charge < -0.3 is 30.1 Å². The summed E-state index contributed by atoms with van der Waals surface area (Å²) in [7, 11) is 1.55. The Labute approximate surface area is 238 Å². The number of carbonyl (C=O) groups excluding carboxylic acids is 3. The number of phenols is 1. The van der Waals surface area contributed by atoms with Gasteiger partial charge in [0.15, 0.2) is 0 Å². The second-order valence-electron chi connectivity index (χ2n) is 11.6. The first-order valence-electron chi connectivity index (χ1n) is 13.7. The minimum Gasteiger partial charge on any atom is -0.507 e. The van der Waals surface area contributed by atoms with Gasteiger partial charge >= 0.3 is 6.09 Å². The number of para-hydroxylation sites is 1. The number of methoxy groups -OCH3 is 1. The van der Waals surface area contributed by atoms with Gasteiger partial charge in [0.05, 0.1) is 7.11 Å². The third kappa shape index (κ3) is 9.17. The highest BCUT2D eigenvalue weighted by molar-refractivity contribution is 5.99. The minimum atomic E-state index is -1.18. The minimum absolute atomic E-state index is 0.0704. The number of carbonyl (C=O) groups is 3. The molecule has 2 aromatic rings.